The summed E-state index contributed by atoms with van der Waals surface area (Å²) in [5.41, 5.74) is -0.107. The largest absolute Gasteiger partial charge is 0.423 e. The van der Waals surface area contributed by atoms with E-state index in [-0.39, 0.29) is 22.4 Å². The lowest BCUT2D eigenvalue weighted by Gasteiger charge is -2.28. The van der Waals surface area contributed by atoms with Crippen molar-refractivity contribution in [2.45, 2.75) is 45.0 Å². The first-order chi connectivity index (χ1) is 16.4. The molecule has 3 aromatic carbocycles. The van der Waals surface area contributed by atoms with Gasteiger partial charge in [0.05, 0.1) is 5.56 Å². The zero-order chi connectivity index (χ0) is 24.4. The number of halogens is 4. The molecule has 0 fully saturated rings. The van der Waals surface area contributed by atoms with Crippen molar-refractivity contribution in [3.63, 3.8) is 0 Å². The van der Waals surface area contributed by atoms with Crippen LogP contribution in [0.5, 0.6) is 5.75 Å². The van der Waals surface area contributed by atoms with Crippen LogP contribution >= 0.6 is 0 Å². The number of hydrogen-bond donors (Lipinski definition) is 0. The highest BCUT2D eigenvalue weighted by atomic mass is 19.2. The minimum absolute atomic E-state index is 0.0268. The van der Waals surface area contributed by atoms with Crippen molar-refractivity contribution in [3.05, 3.63) is 101 Å². The number of carbonyl (C=O) groups is 1. The number of allylic oxidation sites excluding steroid dienone is 1. The van der Waals surface area contributed by atoms with Gasteiger partial charge in [0, 0.05) is 11.1 Å². The number of carbonyl (C=O) groups excluding carboxylic acids is 1. The van der Waals surface area contributed by atoms with Gasteiger partial charge in [-0.15, -0.1) is 6.58 Å². The molecule has 0 saturated carbocycles. The van der Waals surface area contributed by atoms with Crippen molar-refractivity contribution in [2.75, 3.05) is 0 Å². The van der Waals surface area contributed by atoms with Gasteiger partial charge in [-0.3, -0.25) is 0 Å². The van der Waals surface area contributed by atoms with E-state index in [9.17, 15) is 9.18 Å². The van der Waals surface area contributed by atoms with Gasteiger partial charge < -0.3 is 4.74 Å². The van der Waals surface area contributed by atoms with Crippen molar-refractivity contribution < 1.29 is 27.1 Å². The third kappa shape index (κ3) is 4.25. The number of benzene rings is 3. The van der Waals surface area contributed by atoms with Crippen LogP contribution in [-0.4, -0.2) is 5.97 Å². The molecule has 1 aliphatic carbocycles. The molecule has 2 atom stereocenters. The summed E-state index contributed by atoms with van der Waals surface area (Å²) in [5, 5.41) is 0. The lowest BCUT2D eigenvalue weighted by atomic mass is 9.80. The Kier molecular flexibility index (Phi) is 6.87. The second-order valence-electron chi connectivity index (χ2n) is 8.30. The number of aryl methyl sites for hydroxylation is 2. The fraction of sp³-hybridized carbons (Fsp3) is 0.250. The molecule has 2 unspecified atom stereocenters. The predicted octanol–water partition coefficient (Wildman–Crippen LogP) is 7.96. The lowest BCUT2D eigenvalue weighted by molar-refractivity contribution is 0.0728. The Labute approximate surface area is 195 Å². The predicted molar refractivity (Wildman–Crippen MR) is 123 cm³/mol. The summed E-state index contributed by atoms with van der Waals surface area (Å²) in [6.45, 7) is 5.52. The third-order valence-corrected chi connectivity index (χ3v) is 6.05. The van der Waals surface area contributed by atoms with Crippen LogP contribution in [0.25, 0.3) is 11.1 Å². The zero-order valence-corrected chi connectivity index (χ0v) is 18.7. The average Bonchev–Trinajstić information content (AvgIpc) is 2.83. The number of rotatable bonds is 7. The highest BCUT2D eigenvalue weighted by Gasteiger charge is 2.40. The van der Waals surface area contributed by atoms with E-state index < -0.39 is 46.6 Å². The van der Waals surface area contributed by atoms with E-state index in [1.807, 2.05) is 6.92 Å². The molecule has 0 saturated heterocycles. The molecule has 4 rings (SSSR count). The zero-order valence-electron chi connectivity index (χ0n) is 18.7. The standard InChI is InChI=1S/C28H24F4O2/c1-3-5-7-16-8-11-18(12-9-16)34-28(33)21-15-14-20-19-13-10-17(6-4-2)24(29)22(19)26(31)27(32)23(20)25(21)30/h3,8-15,26-27H,1,4-7H2,2H3. The molecule has 2 nitrogen and oxygen atoms in total. The molecular formula is C28H24F4O2. The first-order valence-corrected chi connectivity index (χ1v) is 11.2. The Bertz CT molecular complexity index is 1230. The summed E-state index contributed by atoms with van der Waals surface area (Å²) < 4.78 is 65.6. The van der Waals surface area contributed by atoms with Gasteiger partial charge in [0.15, 0.2) is 12.3 Å². The molecule has 3 aromatic rings. The van der Waals surface area contributed by atoms with E-state index >= 15 is 13.2 Å². The SMILES string of the molecule is C=CCCc1ccc(OC(=O)c2ccc3c(c2F)C(F)C(F)c2c-3ccc(CCC)c2F)cc1. The number of fused-ring (bicyclic) bond motifs is 3. The van der Waals surface area contributed by atoms with E-state index in [4.69, 9.17) is 4.74 Å². The second kappa shape index (κ2) is 9.84. The van der Waals surface area contributed by atoms with E-state index in [2.05, 4.69) is 6.58 Å². The van der Waals surface area contributed by atoms with Crippen LogP contribution in [0.1, 0.15) is 64.7 Å². The van der Waals surface area contributed by atoms with Gasteiger partial charge in [0.25, 0.3) is 0 Å². The van der Waals surface area contributed by atoms with Crippen LogP contribution in [0.3, 0.4) is 0 Å². The molecule has 0 heterocycles. The molecule has 1 aliphatic rings. The number of esters is 1. The quantitative estimate of drug-likeness (QED) is 0.152. The van der Waals surface area contributed by atoms with Crippen LogP contribution in [-0.2, 0) is 12.8 Å². The summed E-state index contributed by atoms with van der Waals surface area (Å²) in [6.07, 6.45) is -0.448. The van der Waals surface area contributed by atoms with Crippen molar-refractivity contribution in [3.8, 4) is 16.9 Å². The molecule has 0 radical (unpaired) electrons. The van der Waals surface area contributed by atoms with Gasteiger partial charge in [-0.25, -0.2) is 22.4 Å². The summed E-state index contributed by atoms with van der Waals surface area (Å²) in [6, 6.07) is 12.2. The average molecular weight is 468 g/mol. The van der Waals surface area contributed by atoms with Gasteiger partial charge in [-0.2, -0.15) is 0 Å². The molecule has 0 spiro atoms. The molecule has 0 bridgehead atoms. The molecule has 0 aromatic heterocycles. The Hall–Kier alpha value is -3.41. The minimum atomic E-state index is -2.45. The van der Waals surface area contributed by atoms with Crippen LogP contribution < -0.4 is 4.74 Å². The number of ether oxygens (including phenoxy) is 1. The van der Waals surface area contributed by atoms with Crippen LogP contribution in [0.2, 0.25) is 0 Å². The van der Waals surface area contributed by atoms with Gasteiger partial charge in [0.2, 0.25) is 0 Å². The third-order valence-electron chi connectivity index (χ3n) is 6.05. The summed E-state index contributed by atoms with van der Waals surface area (Å²) in [5.74, 6) is -2.85. The smallest absolute Gasteiger partial charge is 0.346 e. The van der Waals surface area contributed by atoms with E-state index in [0.717, 1.165) is 24.5 Å². The Balaban J connectivity index is 1.67. The van der Waals surface area contributed by atoms with Crippen molar-refractivity contribution in [1.29, 1.82) is 0 Å². The van der Waals surface area contributed by atoms with Crippen LogP contribution in [0.4, 0.5) is 17.6 Å². The maximum atomic E-state index is 15.3. The highest BCUT2D eigenvalue weighted by Crippen LogP contribution is 2.51. The summed E-state index contributed by atoms with van der Waals surface area (Å²) in [7, 11) is 0. The Morgan fingerprint density at radius 1 is 0.912 bits per heavy atom. The van der Waals surface area contributed by atoms with E-state index in [1.165, 1.54) is 18.2 Å². The van der Waals surface area contributed by atoms with Gasteiger partial charge in [-0.05, 0) is 59.7 Å². The maximum Gasteiger partial charge on any atom is 0.346 e. The Morgan fingerprint density at radius 3 is 2.15 bits per heavy atom. The van der Waals surface area contributed by atoms with Gasteiger partial charge >= 0.3 is 5.97 Å². The second-order valence-corrected chi connectivity index (χ2v) is 8.30. The molecule has 0 N–H and O–H groups in total. The molecule has 176 valence electrons. The molecule has 6 heteroatoms. The van der Waals surface area contributed by atoms with Crippen molar-refractivity contribution >= 4 is 5.97 Å². The first kappa shape index (κ1) is 23.7. The summed E-state index contributed by atoms with van der Waals surface area (Å²) >= 11 is 0. The van der Waals surface area contributed by atoms with Crippen molar-refractivity contribution in [1.82, 2.24) is 0 Å². The van der Waals surface area contributed by atoms with Gasteiger partial charge in [0.1, 0.15) is 17.4 Å². The number of hydrogen-bond acceptors (Lipinski definition) is 2. The lowest BCUT2D eigenvalue weighted by Crippen LogP contribution is -2.19. The maximum absolute atomic E-state index is 15.3. The Morgan fingerprint density at radius 2 is 1.53 bits per heavy atom. The first-order valence-electron chi connectivity index (χ1n) is 11.2. The van der Waals surface area contributed by atoms with E-state index in [0.29, 0.717) is 12.8 Å². The molecule has 0 aliphatic heterocycles. The van der Waals surface area contributed by atoms with E-state index in [1.54, 1.807) is 30.3 Å². The molecule has 34 heavy (non-hydrogen) atoms. The fourth-order valence-corrected chi connectivity index (χ4v) is 4.31. The van der Waals surface area contributed by atoms with Crippen molar-refractivity contribution in [2.24, 2.45) is 0 Å². The topological polar surface area (TPSA) is 26.3 Å². The van der Waals surface area contributed by atoms with Gasteiger partial charge in [-0.1, -0.05) is 49.8 Å². The van der Waals surface area contributed by atoms with Crippen LogP contribution in [0, 0.1) is 11.6 Å². The fourth-order valence-electron chi connectivity index (χ4n) is 4.31. The highest BCUT2D eigenvalue weighted by molar-refractivity contribution is 5.93. The number of alkyl halides is 2. The minimum Gasteiger partial charge on any atom is -0.423 e. The molecule has 0 amide bonds. The normalized spacial score (nSPS) is 16.5. The summed E-state index contributed by atoms with van der Waals surface area (Å²) in [4.78, 5) is 12.6. The molecular weight excluding hydrogens is 444 g/mol. The monoisotopic (exact) mass is 468 g/mol. The van der Waals surface area contributed by atoms with Crippen LogP contribution in [0.15, 0.2) is 61.2 Å².